The Kier molecular flexibility index (Phi) is 2.56. The normalized spacial score (nSPS) is 10.9. The molecule has 0 spiro atoms. The van der Waals surface area contributed by atoms with E-state index >= 15 is 0 Å². The van der Waals surface area contributed by atoms with Crippen LogP contribution >= 0.6 is 11.6 Å². The summed E-state index contributed by atoms with van der Waals surface area (Å²) in [6.07, 6.45) is 6.29. The second-order valence-corrected chi connectivity index (χ2v) is 4.12. The summed E-state index contributed by atoms with van der Waals surface area (Å²) in [7, 11) is 0. The highest BCUT2D eigenvalue weighted by molar-refractivity contribution is 6.29. The molecule has 0 amide bonds. The van der Waals surface area contributed by atoms with Crippen LogP contribution in [0.5, 0.6) is 0 Å². The summed E-state index contributed by atoms with van der Waals surface area (Å²) in [5, 5.41) is 4.60. The summed E-state index contributed by atoms with van der Waals surface area (Å²) in [4.78, 5) is 19.9. The zero-order valence-corrected chi connectivity index (χ0v) is 9.95. The van der Waals surface area contributed by atoms with Gasteiger partial charge in [0, 0.05) is 18.6 Å². The molecule has 7 heteroatoms. The van der Waals surface area contributed by atoms with E-state index in [1.165, 1.54) is 15.3 Å². The molecule has 0 radical (unpaired) electrons. The van der Waals surface area contributed by atoms with Gasteiger partial charge in [0.1, 0.15) is 5.15 Å². The molecule has 90 valence electrons. The van der Waals surface area contributed by atoms with Crippen LogP contribution in [0.25, 0.3) is 5.65 Å². The maximum Gasteiger partial charge on any atom is 0.350 e. The highest BCUT2D eigenvalue weighted by Gasteiger charge is 2.06. The molecular weight excluding hydrogens is 254 g/mol. The molecule has 18 heavy (non-hydrogen) atoms. The number of halogens is 1. The SMILES string of the molecule is O=c1n(Cc2ccc(Cl)nc2)nc2cnccn12. The molecule has 0 fully saturated rings. The molecule has 0 aliphatic carbocycles. The van der Waals surface area contributed by atoms with Gasteiger partial charge in [0.05, 0.1) is 12.7 Å². The summed E-state index contributed by atoms with van der Waals surface area (Å²) in [6, 6.07) is 3.49. The van der Waals surface area contributed by atoms with Crippen molar-refractivity contribution in [1.29, 1.82) is 0 Å². The average Bonchev–Trinajstić information content (AvgIpc) is 2.70. The van der Waals surface area contributed by atoms with Gasteiger partial charge in [-0.1, -0.05) is 17.7 Å². The minimum atomic E-state index is -0.206. The highest BCUT2D eigenvalue weighted by Crippen LogP contribution is 2.06. The quantitative estimate of drug-likeness (QED) is 0.645. The van der Waals surface area contributed by atoms with Crippen molar-refractivity contribution >= 4 is 17.2 Å². The van der Waals surface area contributed by atoms with Gasteiger partial charge in [-0.25, -0.2) is 18.9 Å². The van der Waals surface area contributed by atoms with Crippen LogP contribution in [0.4, 0.5) is 0 Å². The molecule has 3 aromatic rings. The lowest BCUT2D eigenvalue weighted by molar-refractivity contribution is 0.657. The van der Waals surface area contributed by atoms with Crippen LogP contribution in [0.15, 0.2) is 41.7 Å². The van der Waals surface area contributed by atoms with Gasteiger partial charge < -0.3 is 0 Å². The second kappa shape index (κ2) is 4.23. The standard InChI is InChI=1S/C11H8ClN5O/c12-9-2-1-8(5-14-9)7-17-11(18)16-4-3-13-6-10(16)15-17/h1-6H,7H2. The second-order valence-electron chi connectivity index (χ2n) is 3.73. The van der Waals surface area contributed by atoms with Gasteiger partial charge in [-0.2, -0.15) is 0 Å². The molecule has 3 heterocycles. The fourth-order valence-corrected chi connectivity index (χ4v) is 1.77. The smallest absolute Gasteiger partial charge is 0.259 e. The molecule has 0 aromatic carbocycles. The number of hydrogen-bond donors (Lipinski definition) is 0. The molecule has 0 bridgehead atoms. The van der Waals surface area contributed by atoms with Crippen LogP contribution < -0.4 is 5.69 Å². The number of nitrogens with zero attached hydrogens (tertiary/aromatic N) is 5. The Morgan fingerprint density at radius 1 is 1.28 bits per heavy atom. The highest BCUT2D eigenvalue weighted by atomic mass is 35.5. The third kappa shape index (κ3) is 1.86. The maximum atomic E-state index is 12.0. The largest absolute Gasteiger partial charge is 0.350 e. The summed E-state index contributed by atoms with van der Waals surface area (Å²) >= 11 is 5.70. The Morgan fingerprint density at radius 3 is 2.89 bits per heavy atom. The van der Waals surface area contributed by atoms with Crippen molar-refractivity contribution in [1.82, 2.24) is 24.1 Å². The third-order valence-electron chi connectivity index (χ3n) is 2.51. The molecule has 3 rings (SSSR count). The molecule has 3 aromatic heterocycles. The van der Waals surface area contributed by atoms with E-state index in [0.29, 0.717) is 17.3 Å². The summed E-state index contributed by atoms with van der Waals surface area (Å²) < 4.78 is 2.80. The Labute approximate surface area is 106 Å². The fraction of sp³-hybridized carbons (Fsp3) is 0.0909. The van der Waals surface area contributed by atoms with Crippen molar-refractivity contribution in [3.05, 3.63) is 58.1 Å². The first kappa shape index (κ1) is 10.9. The van der Waals surface area contributed by atoms with E-state index in [0.717, 1.165) is 5.56 Å². The fourth-order valence-electron chi connectivity index (χ4n) is 1.66. The first-order chi connectivity index (χ1) is 8.74. The minimum Gasteiger partial charge on any atom is -0.259 e. The topological polar surface area (TPSA) is 65.1 Å². The lowest BCUT2D eigenvalue weighted by atomic mass is 10.3. The van der Waals surface area contributed by atoms with Gasteiger partial charge in [-0.3, -0.25) is 4.98 Å². The van der Waals surface area contributed by atoms with E-state index in [4.69, 9.17) is 11.6 Å². The Bertz CT molecular complexity index is 746. The zero-order chi connectivity index (χ0) is 12.5. The molecule has 0 aliphatic heterocycles. The van der Waals surface area contributed by atoms with E-state index in [1.54, 1.807) is 24.7 Å². The average molecular weight is 262 g/mol. The molecule has 0 saturated heterocycles. The van der Waals surface area contributed by atoms with Gasteiger partial charge >= 0.3 is 5.69 Å². The van der Waals surface area contributed by atoms with E-state index in [9.17, 15) is 4.79 Å². The number of fused-ring (bicyclic) bond motifs is 1. The number of pyridine rings is 1. The molecule has 0 N–H and O–H groups in total. The molecular formula is C11H8ClN5O. The van der Waals surface area contributed by atoms with E-state index in [1.807, 2.05) is 6.07 Å². The van der Waals surface area contributed by atoms with Crippen molar-refractivity contribution < 1.29 is 0 Å². The van der Waals surface area contributed by atoms with Crippen molar-refractivity contribution in [3.63, 3.8) is 0 Å². The van der Waals surface area contributed by atoms with Gasteiger partial charge in [-0.05, 0) is 11.6 Å². The van der Waals surface area contributed by atoms with Crippen molar-refractivity contribution in [2.45, 2.75) is 6.54 Å². The van der Waals surface area contributed by atoms with Crippen molar-refractivity contribution in [2.24, 2.45) is 0 Å². The lowest BCUT2D eigenvalue weighted by Gasteiger charge is -1.99. The monoisotopic (exact) mass is 261 g/mol. The Balaban J connectivity index is 2.02. The maximum absolute atomic E-state index is 12.0. The zero-order valence-electron chi connectivity index (χ0n) is 9.19. The van der Waals surface area contributed by atoms with Gasteiger partial charge in [0.15, 0.2) is 5.65 Å². The predicted octanol–water partition coefficient (Wildman–Crippen LogP) is 0.988. The third-order valence-corrected chi connectivity index (χ3v) is 2.73. The van der Waals surface area contributed by atoms with Crippen LogP contribution in [-0.2, 0) is 6.54 Å². The van der Waals surface area contributed by atoms with Crippen LogP contribution in [0.1, 0.15) is 5.56 Å². The summed E-state index contributed by atoms with van der Waals surface area (Å²) in [5.41, 5.74) is 1.17. The number of hydrogen-bond acceptors (Lipinski definition) is 4. The van der Waals surface area contributed by atoms with Crippen LogP contribution in [-0.4, -0.2) is 24.1 Å². The van der Waals surface area contributed by atoms with Gasteiger partial charge in [0.2, 0.25) is 0 Å². The number of aromatic nitrogens is 5. The summed E-state index contributed by atoms with van der Waals surface area (Å²) in [6.45, 7) is 0.352. The van der Waals surface area contributed by atoms with Gasteiger partial charge in [-0.15, -0.1) is 5.10 Å². The molecule has 0 saturated carbocycles. The minimum absolute atomic E-state index is 0.206. The predicted molar refractivity (Wildman–Crippen MR) is 65.6 cm³/mol. The van der Waals surface area contributed by atoms with Crippen molar-refractivity contribution in [2.75, 3.05) is 0 Å². The first-order valence-corrected chi connectivity index (χ1v) is 5.61. The van der Waals surface area contributed by atoms with E-state index in [2.05, 4.69) is 15.1 Å². The molecule has 0 atom stereocenters. The van der Waals surface area contributed by atoms with Crippen LogP contribution in [0, 0.1) is 0 Å². The first-order valence-electron chi connectivity index (χ1n) is 5.24. The molecule has 6 nitrogen and oxygen atoms in total. The Hall–Kier alpha value is -2.21. The van der Waals surface area contributed by atoms with Crippen molar-refractivity contribution in [3.8, 4) is 0 Å². The van der Waals surface area contributed by atoms with Crippen LogP contribution in [0.2, 0.25) is 5.15 Å². The Morgan fingerprint density at radius 2 is 2.17 bits per heavy atom. The molecule has 0 aliphatic rings. The lowest BCUT2D eigenvalue weighted by Crippen LogP contribution is -2.21. The number of rotatable bonds is 2. The molecule has 0 unspecified atom stereocenters. The van der Waals surface area contributed by atoms with E-state index < -0.39 is 0 Å². The summed E-state index contributed by atoms with van der Waals surface area (Å²) in [5.74, 6) is 0. The van der Waals surface area contributed by atoms with Crippen LogP contribution in [0.3, 0.4) is 0 Å². The van der Waals surface area contributed by atoms with E-state index in [-0.39, 0.29) is 5.69 Å². The van der Waals surface area contributed by atoms with Gasteiger partial charge in [0.25, 0.3) is 0 Å².